The first-order valence-electron chi connectivity index (χ1n) is 12.4. The van der Waals surface area contributed by atoms with Crippen LogP contribution in [0.15, 0.2) is 52.5 Å². The first-order valence-corrected chi connectivity index (χ1v) is 13.2. The molecule has 1 aromatic heterocycles. The molecule has 1 saturated heterocycles. The Morgan fingerprint density at radius 2 is 1.86 bits per heavy atom. The summed E-state index contributed by atoms with van der Waals surface area (Å²) in [6.45, 7) is 3.58. The van der Waals surface area contributed by atoms with Crippen LogP contribution in [-0.2, 0) is 17.5 Å². The first kappa shape index (κ1) is 24.2. The topological polar surface area (TPSA) is 53.7 Å². The fourth-order valence-electron chi connectivity index (χ4n) is 4.83. The number of hydrogen-bond acceptors (Lipinski definition) is 5. The van der Waals surface area contributed by atoms with Gasteiger partial charge in [0.05, 0.1) is 28.7 Å². The van der Waals surface area contributed by atoms with Crippen molar-refractivity contribution in [3.05, 3.63) is 69.8 Å². The van der Waals surface area contributed by atoms with Gasteiger partial charge in [-0.2, -0.15) is 23.3 Å². The standard InChI is InChI=1S/C27H26F3N5OS/c1-33-8-10-34(11-9-33)26-32-25(36)24(37-26)13-17-2-7-23-21(12-17)15-31-35(23)16-20-6-5-19(18-3-4-18)14-22(20)27(28,29)30/h2,5-7,12-15,18H,3-4,8-11,16H2,1H3/b24-13-. The molecule has 2 aliphatic heterocycles. The van der Waals surface area contributed by atoms with Crippen LogP contribution in [0.4, 0.5) is 13.2 Å². The Morgan fingerprint density at radius 1 is 1.08 bits per heavy atom. The maximum absolute atomic E-state index is 13.8. The van der Waals surface area contributed by atoms with Gasteiger partial charge in [0, 0.05) is 31.6 Å². The molecule has 6 nitrogen and oxygen atoms in total. The molecule has 1 saturated carbocycles. The summed E-state index contributed by atoms with van der Waals surface area (Å²) in [4.78, 5) is 21.7. The number of carbonyl (C=O) groups is 1. The zero-order valence-corrected chi connectivity index (χ0v) is 21.1. The van der Waals surface area contributed by atoms with E-state index in [1.54, 1.807) is 16.9 Å². The van der Waals surface area contributed by atoms with E-state index in [-0.39, 0.29) is 23.9 Å². The number of hydrogen-bond donors (Lipinski definition) is 0. The molecule has 10 heteroatoms. The lowest BCUT2D eigenvalue weighted by molar-refractivity contribution is -0.138. The summed E-state index contributed by atoms with van der Waals surface area (Å²) >= 11 is 1.39. The van der Waals surface area contributed by atoms with Crippen molar-refractivity contribution in [1.29, 1.82) is 0 Å². The van der Waals surface area contributed by atoms with Crippen molar-refractivity contribution in [2.75, 3.05) is 33.2 Å². The van der Waals surface area contributed by atoms with Crippen molar-refractivity contribution in [3.8, 4) is 0 Å². The maximum Gasteiger partial charge on any atom is 0.416 e. The molecule has 2 aromatic carbocycles. The Hall–Kier alpha value is -3.11. The fourth-order valence-corrected chi connectivity index (χ4v) is 5.80. The average Bonchev–Trinajstić information content (AvgIpc) is 3.55. The molecule has 2 fully saturated rings. The predicted octanol–water partition coefficient (Wildman–Crippen LogP) is 5.20. The van der Waals surface area contributed by atoms with Gasteiger partial charge in [0.1, 0.15) is 0 Å². The number of piperazine rings is 1. The second kappa shape index (κ2) is 9.33. The molecule has 192 valence electrons. The van der Waals surface area contributed by atoms with Gasteiger partial charge in [-0.25, -0.2) is 0 Å². The van der Waals surface area contributed by atoms with E-state index in [4.69, 9.17) is 0 Å². The number of aromatic nitrogens is 2. The van der Waals surface area contributed by atoms with Crippen LogP contribution < -0.4 is 0 Å². The van der Waals surface area contributed by atoms with Gasteiger partial charge in [-0.05, 0) is 78.5 Å². The number of rotatable bonds is 4. The molecule has 1 amide bonds. The summed E-state index contributed by atoms with van der Waals surface area (Å²) < 4.78 is 43.0. The lowest BCUT2D eigenvalue weighted by Crippen LogP contribution is -2.46. The number of amides is 1. The van der Waals surface area contributed by atoms with Crippen molar-refractivity contribution in [3.63, 3.8) is 0 Å². The Morgan fingerprint density at radius 3 is 2.59 bits per heavy atom. The highest BCUT2D eigenvalue weighted by atomic mass is 32.2. The molecular weight excluding hydrogens is 499 g/mol. The molecule has 37 heavy (non-hydrogen) atoms. The molecule has 0 unspecified atom stereocenters. The summed E-state index contributed by atoms with van der Waals surface area (Å²) in [5, 5.41) is 5.92. The van der Waals surface area contributed by atoms with E-state index in [0.29, 0.717) is 4.91 Å². The number of benzene rings is 2. The average molecular weight is 526 g/mol. The van der Waals surface area contributed by atoms with E-state index in [1.807, 2.05) is 30.3 Å². The van der Waals surface area contributed by atoms with Gasteiger partial charge < -0.3 is 9.80 Å². The lowest BCUT2D eigenvalue weighted by atomic mass is 10.0. The van der Waals surface area contributed by atoms with Crippen LogP contribution in [0, 0.1) is 0 Å². The van der Waals surface area contributed by atoms with Crippen molar-refractivity contribution in [2.24, 2.45) is 4.99 Å². The normalized spacial score (nSPS) is 20.3. The number of amidine groups is 1. The monoisotopic (exact) mass is 525 g/mol. The number of alkyl halides is 3. The second-order valence-electron chi connectivity index (χ2n) is 9.91. The quantitative estimate of drug-likeness (QED) is 0.439. The lowest BCUT2D eigenvalue weighted by Gasteiger charge is -2.32. The Bertz CT molecular complexity index is 1430. The maximum atomic E-state index is 13.8. The van der Waals surface area contributed by atoms with Crippen LogP contribution in [0.2, 0.25) is 0 Å². The molecule has 0 spiro atoms. The molecule has 3 heterocycles. The van der Waals surface area contributed by atoms with E-state index in [0.717, 1.165) is 66.2 Å². The number of carbonyl (C=O) groups excluding carboxylic acids is 1. The van der Waals surface area contributed by atoms with Gasteiger partial charge in [0.15, 0.2) is 5.17 Å². The highest BCUT2D eigenvalue weighted by Gasteiger charge is 2.35. The van der Waals surface area contributed by atoms with E-state index in [9.17, 15) is 18.0 Å². The predicted molar refractivity (Wildman–Crippen MR) is 139 cm³/mol. The largest absolute Gasteiger partial charge is 0.416 e. The number of fused-ring (bicyclic) bond motifs is 1. The molecule has 0 atom stereocenters. The smallest absolute Gasteiger partial charge is 0.348 e. The minimum atomic E-state index is -4.42. The van der Waals surface area contributed by atoms with Crippen LogP contribution in [0.1, 0.15) is 41.0 Å². The first-order chi connectivity index (χ1) is 17.7. The van der Waals surface area contributed by atoms with Crippen LogP contribution >= 0.6 is 11.8 Å². The minimum Gasteiger partial charge on any atom is -0.348 e. The molecule has 1 aliphatic carbocycles. The molecule has 0 bridgehead atoms. The van der Waals surface area contributed by atoms with Crippen molar-refractivity contribution >= 4 is 39.8 Å². The summed E-state index contributed by atoms with van der Waals surface area (Å²) in [5.41, 5.74) is 1.94. The molecule has 6 rings (SSSR count). The third-order valence-corrected chi connectivity index (χ3v) is 8.20. The molecule has 0 radical (unpaired) electrons. The highest BCUT2D eigenvalue weighted by Crippen LogP contribution is 2.43. The van der Waals surface area contributed by atoms with Crippen LogP contribution in [0.25, 0.3) is 17.0 Å². The summed E-state index contributed by atoms with van der Waals surface area (Å²) in [6, 6.07) is 10.3. The fraction of sp³-hybridized carbons (Fsp3) is 0.370. The van der Waals surface area contributed by atoms with Crippen LogP contribution in [0.5, 0.6) is 0 Å². The molecule has 3 aromatic rings. The van der Waals surface area contributed by atoms with Crippen LogP contribution in [-0.4, -0.2) is 63.9 Å². The highest BCUT2D eigenvalue weighted by molar-refractivity contribution is 8.18. The third-order valence-electron chi connectivity index (χ3n) is 7.15. The SMILES string of the molecule is CN1CCN(C2=NC(=O)/C(=C/c3ccc4c(cnn4Cc4ccc(C5CC5)cc4C(F)(F)F)c3)S2)CC1. The summed E-state index contributed by atoms with van der Waals surface area (Å²) in [7, 11) is 2.08. The second-order valence-corrected chi connectivity index (χ2v) is 10.9. The number of likely N-dealkylation sites (N-methyl/N-ethyl adjacent to an activating group) is 1. The number of nitrogens with zero attached hydrogens (tertiary/aromatic N) is 5. The minimum absolute atomic E-state index is 0.0281. The van der Waals surface area contributed by atoms with Gasteiger partial charge in [-0.1, -0.05) is 18.2 Å². The molecule has 0 N–H and O–H groups in total. The van der Waals surface area contributed by atoms with E-state index < -0.39 is 11.7 Å². The van der Waals surface area contributed by atoms with Gasteiger partial charge in [-0.15, -0.1) is 0 Å². The third kappa shape index (κ3) is 5.04. The number of thioether (sulfide) groups is 1. The van der Waals surface area contributed by atoms with Gasteiger partial charge >= 0.3 is 6.18 Å². The molecule has 3 aliphatic rings. The van der Waals surface area contributed by atoms with Gasteiger partial charge in [0.2, 0.25) is 0 Å². The van der Waals surface area contributed by atoms with Crippen molar-refractivity contribution in [2.45, 2.75) is 31.5 Å². The summed E-state index contributed by atoms with van der Waals surface area (Å²) in [5.74, 6) is 0.00483. The van der Waals surface area contributed by atoms with Crippen molar-refractivity contribution < 1.29 is 18.0 Å². The van der Waals surface area contributed by atoms with Gasteiger partial charge in [0.25, 0.3) is 5.91 Å². The van der Waals surface area contributed by atoms with E-state index >= 15 is 0 Å². The van der Waals surface area contributed by atoms with Crippen LogP contribution in [0.3, 0.4) is 0 Å². The Balaban J connectivity index is 1.22. The number of aliphatic imine (C=N–C) groups is 1. The van der Waals surface area contributed by atoms with E-state index in [2.05, 4.69) is 26.9 Å². The zero-order valence-electron chi connectivity index (χ0n) is 20.3. The number of halogens is 3. The summed E-state index contributed by atoms with van der Waals surface area (Å²) in [6.07, 6.45) is 0.950. The van der Waals surface area contributed by atoms with Gasteiger partial charge in [-0.3, -0.25) is 9.48 Å². The Kier molecular flexibility index (Phi) is 6.11. The molecular formula is C27H26F3N5OS. The zero-order chi connectivity index (χ0) is 25.7. The van der Waals surface area contributed by atoms with Crippen molar-refractivity contribution in [1.82, 2.24) is 19.6 Å². The Labute approximate surface area is 216 Å². The van der Waals surface area contributed by atoms with E-state index in [1.165, 1.54) is 17.8 Å².